The number of carbonyl (C=O) groups is 3. The molecule has 0 atom stereocenters. The monoisotopic (exact) mass is 796 g/mol. The number of fused-ring (bicyclic) bond motifs is 4. The minimum atomic E-state index is 0. The van der Waals surface area contributed by atoms with Gasteiger partial charge < -0.3 is 27.2 Å². The van der Waals surface area contributed by atoms with Crippen LogP contribution in [-0.4, -0.2) is 42.9 Å². The average Bonchev–Trinajstić information content (AvgIpc) is 3.93. The molecule has 9 rings (SSSR count). The summed E-state index contributed by atoms with van der Waals surface area (Å²) in [4.78, 5) is 54.6. The molecule has 0 unspecified atom stereocenters. The number of Topliss-reactive ketones (excluding diaryl/α,β-unsaturated/α-hetero) is 2. The SMILES string of the molecule is Cc1cc(Nc2ncnc(N)c2C)cc2c1C(=O)CC21CCCCC1.Cc1cc(Nc2ncnc(NC(=O)C3CC3)c2C)cc2c1C(=O)CC21CCCCC1.[K+].[OH-]. The van der Waals surface area contributed by atoms with Crippen molar-refractivity contribution in [3.8, 4) is 0 Å². The largest absolute Gasteiger partial charge is 1.00 e. The van der Waals surface area contributed by atoms with Crippen LogP contribution in [0.5, 0.6) is 0 Å². The van der Waals surface area contributed by atoms with Crippen molar-refractivity contribution in [3.63, 3.8) is 0 Å². The van der Waals surface area contributed by atoms with Gasteiger partial charge in [0, 0.05) is 63.2 Å². The number of ketones is 2. The van der Waals surface area contributed by atoms with E-state index in [4.69, 9.17) is 5.73 Å². The van der Waals surface area contributed by atoms with Gasteiger partial charge in [0.05, 0.1) is 0 Å². The summed E-state index contributed by atoms with van der Waals surface area (Å²) in [7, 11) is 0. The number of carbonyl (C=O) groups excluding carboxylic acids is 3. The topological polar surface area (TPSA) is 195 Å². The number of hydrogen-bond donors (Lipinski definition) is 4. The summed E-state index contributed by atoms with van der Waals surface area (Å²) >= 11 is 0. The molecule has 0 aliphatic heterocycles. The minimum absolute atomic E-state index is 0. The van der Waals surface area contributed by atoms with Crippen LogP contribution in [0.1, 0.15) is 144 Å². The molecule has 2 spiro atoms. The zero-order chi connectivity index (χ0) is 38.5. The summed E-state index contributed by atoms with van der Waals surface area (Å²) in [6, 6.07) is 8.39. The molecule has 0 bridgehead atoms. The van der Waals surface area contributed by atoms with Gasteiger partial charge in [-0.2, -0.15) is 0 Å². The van der Waals surface area contributed by atoms with E-state index in [0.717, 1.165) is 83.3 Å². The van der Waals surface area contributed by atoms with Gasteiger partial charge in [-0.25, -0.2) is 19.9 Å². The van der Waals surface area contributed by atoms with E-state index in [1.165, 1.54) is 62.3 Å². The third-order valence-electron chi connectivity index (χ3n) is 12.9. The molecular formula is C44H53KN8O4. The van der Waals surface area contributed by atoms with Crippen molar-refractivity contribution in [1.29, 1.82) is 0 Å². The van der Waals surface area contributed by atoms with Crippen molar-refractivity contribution in [1.82, 2.24) is 19.9 Å². The van der Waals surface area contributed by atoms with Crippen molar-refractivity contribution in [3.05, 3.63) is 81.4 Å². The van der Waals surface area contributed by atoms with Gasteiger partial charge in [-0.05, 0) is 113 Å². The molecule has 294 valence electrons. The molecule has 0 radical (unpaired) electrons. The van der Waals surface area contributed by atoms with E-state index in [1.807, 2.05) is 39.8 Å². The van der Waals surface area contributed by atoms with E-state index in [9.17, 15) is 14.4 Å². The Balaban J connectivity index is 0.000000189. The van der Waals surface area contributed by atoms with Gasteiger partial charge in [0.15, 0.2) is 11.6 Å². The second-order valence-electron chi connectivity index (χ2n) is 16.8. The van der Waals surface area contributed by atoms with Gasteiger partial charge in [0.25, 0.3) is 0 Å². The Labute approximate surface area is 377 Å². The molecule has 5 aliphatic rings. The standard InChI is InChI=1S/C24H28N4O2.C20H24N4O.K.H2O/c1-14-10-17(11-18-20(14)19(29)12-24(18)8-4-3-5-9-24)27-21-15(2)22(26-13-25-21)28-23(30)16-6-7-16;1-12-8-14(24-19-13(2)18(21)22-11-23-19)9-15-17(12)16(25)10-20(15)6-4-3-5-7-20;;/h10-11,13,16H,3-9,12H2,1-2H3,(H2,25,26,27,28,30);8-9,11H,3-7,10H2,1-2H3,(H3,21,22,23,24);;1H2/q;;+1;/p-1. The van der Waals surface area contributed by atoms with Crippen molar-refractivity contribution in [2.45, 2.75) is 128 Å². The van der Waals surface area contributed by atoms with Crippen molar-refractivity contribution < 1.29 is 71.2 Å². The molecule has 1 amide bonds. The number of nitrogen functional groups attached to an aromatic ring is 1. The Hall–Kier alpha value is -3.59. The second kappa shape index (κ2) is 17.3. The fourth-order valence-electron chi connectivity index (χ4n) is 9.76. The molecule has 5 aliphatic carbocycles. The van der Waals surface area contributed by atoms with Crippen molar-refractivity contribution in [2.24, 2.45) is 5.92 Å². The molecule has 2 aromatic carbocycles. The Morgan fingerprint density at radius 2 is 1.09 bits per heavy atom. The zero-order valence-corrected chi connectivity index (χ0v) is 37.1. The Morgan fingerprint density at radius 1 is 0.649 bits per heavy atom. The van der Waals surface area contributed by atoms with E-state index < -0.39 is 0 Å². The van der Waals surface area contributed by atoms with Crippen LogP contribution in [0.2, 0.25) is 0 Å². The third kappa shape index (κ3) is 8.47. The quantitative estimate of drug-likeness (QED) is 0.167. The second-order valence-corrected chi connectivity index (χ2v) is 16.8. The maximum Gasteiger partial charge on any atom is 1.00 e. The number of nitrogens with one attached hydrogen (secondary N) is 3. The van der Waals surface area contributed by atoms with E-state index >= 15 is 0 Å². The van der Waals surface area contributed by atoms with Gasteiger partial charge in [-0.1, -0.05) is 38.5 Å². The van der Waals surface area contributed by atoms with E-state index in [2.05, 4.69) is 48.0 Å². The van der Waals surface area contributed by atoms with Crippen LogP contribution in [0.25, 0.3) is 0 Å². The van der Waals surface area contributed by atoms with Crippen molar-refractivity contribution >= 4 is 52.1 Å². The number of rotatable bonds is 6. The molecule has 3 saturated carbocycles. The number of anilines is 6. The summed E-state index contributed by atoms with van der Waals surface area (Å²) < 4.78 is 0. The van der Waals surface area contributed by atoms with Crippen LogP contribution in [0, 0.1) is 33.6 Å². The first-order valence-electron chi connectivity index (χ1n) is 20.1. The van der Waals surface area contributed by atoms with Gasteiger partial charge in [0.2, 0.25) is 5.91 Å². The molecule has 3 fully saturated rings. The molecule has 6 N–H and O–H groups in total. The summed E-state index contributed by atoms with van der Waals surface area (Å²) in [5.74, 6) is 3.19. The van der Waals surface area contributed by atoms with Crippen LogP contribution < -0.4 is 73.1 Å². The Kier molecular flexibility index (Phi) is 13.1. The van der Waals surface area contributed by atoms with Gasteiger partial charge in [-0.3, -0.25) is 14.4 Å². The smallest absolute Gasteiger partial charge is 0.870 e. The third-order valence-corrected chi connectivity index (χ3v) is 12.9. The maximum atomic E-state index is 12.8. The van der Waals surface area contributed by atoms with Crippen LogP contribution >= 0.6 is 0 Å². The fourth-order valence-corrected chi connectivity index (χ4v) is 9.76. The predicted molar refractivity (Wildman–Crippen MR) is 218 cm³/mol. The van der Waals surface area contributed by atoms with E-state index in [-0.39, 0.29) is 79.5 Å². The van der Waals surface area contributed by atoms with E-state index in [1.54, 1.807) is 0 Å². The van der Waals surface area contributed by atoms with Gasteiger partial charge >= 0.3 is 51.4 Å². The normalized spacial score (nSPS) is 18.4. The van der Waals surface area contributed by atoms with Crippen LogP contribution in [0.4, 0.5) is 34.6 Å². The number of nitrogens with two attached hydrogens (primary N) is 1. The zero-order valence-electron chi connectivity index (χ0n) is 34.0. The van der Waals surface area contributed by atoms with Gasteiger partial charge in [0.1, 0.15) is 35.9 Å². The first-order valence-corrected chi connectivity index (χ1v) is 20.1. The molecule has 2 aromatic heterocycles. The fraction of sp³-hybridized carbons (Fsp3) is 0.477. The Morgan fingerprint density at radius 3 is 1.56 bits per heavy atom. The summed E-state index contributed by atoms with van der Waals surface area (Å²) in [6.07, 6.45) is 18.0. The predicted octanol–water partition coefficient (Wildman–Crippen LogP) is 6.01. The molecule has 4 aromatic rings. The minimum Gasteiger partial charge on any atom is -0.870 e. The summed E-state index contributed by atoms with van der Waals surface area (Å²) in [5, 5.41) is 9.73. The molecule has 0 saturated heterocycles. The average molecular weight is 797 g/mol. The number of aryl methyl sites for hydroxylation is 2. The molecule has 13 heteroatoms. The number of aromatic nitrogens is 4. The van der Waals surface area contributed by atoms with Crippen LogP contribution in [0.3, 0.4) is 0 Å². The number of nitrogens with zero attached hydrogens (tertiary/aromatic N) is 4. The summed E-state index contributed by atoms with van der Waals surface area (Å²) in [6.45, 7) is 7.88. The first-order chi connectivity index (χ1) is 26.5. The maximum absolute atomic E-state index is 12.8. The van der Waals surface area contributed by atoms with Crippen molar-refractivity contribution in [2.75, 3.05) is 21.7 Å². The van der Waals surface area contributed by atoms with Crippen LogP contribution in [-0.2, 0) is 15.6 Å². The molecule has 12 nitrogen and oxygen atoms in total. The first kappa shape index (κ1) is 43.0. The number of hydrogen-bond acceptors (Lipinski definition) is 11. The van der Waals surface area contributed by atoms with Gasteiger partial charge in [-0.15, -0.1) is 0 Å². The van der Waals surface area contributed by atoms with E-state index in [0.29, 0.717) is 47.7 Å². The molecule has 57 heavy (non-hydrogen) atoms. The molecular weight excluding hydrogens is 744 g/mol. The molecule has 2 heterocycles. The Bertz CT molecular complexity index is 2210. The summed E-state index contributed by atoms with van der Waals surface area (Å²) in [5.41, 5.74) is 15.9. The number of amides is 1. The number of benzene rings is 2. The van der Waals surface area contributed by atoms with Crippen LogP contribution in [0.15, 0.2) is 36.9 Å².